The van der Waals surface area contributed by atoms with Gasteiger partial charge in [-0.15, -0.1) is 23.2 Å². The van der Waals surface area contributed by atoms with Gasteiger partial charge in [-0.2, -0.15) is 0 Å². The molecule has 0 aliphatic heterocycles. The molecule has 0 spiro atoms. The molecule has 0 radical (unpaired) electrons. The van der Waals surface area contributed by atoms with Gasteiger partial charge in [-0.25, -0.2) is 8.42 Å². The zero-order valence-electron chi connectivity index (χ0n) is 28.5. The number of halogens is 2. The Morgan fingerprint density at radius 3 is 1.82 bits per heavy atom. The summed E-state index contributed by atoms with van der Waals surface area (Å²) in [6, 6.07) is 24.8. The first-order valence-corrected chi connectivity index (χ1v) is 18.7. The number of hydrogen-bond acceptors (Lipinski definition) is 6. The number of unbranched alkanes of at least 4 members (excludes halogenated alkanes) is 2. The van der Waals surface area contributed by atoms with Crippen molar-refractivity contribution in [1.29, 1.82) is 0 Å². The fraction of sp³-hybridized carbons (Fsp3) is 0.300. The van der Waals surface area contributed by atoms with Crippen LogP contribution in [0.5, 0.6) is 23.0 Å². The summed E-state index contributed by atoms with van der Waals surface area (Å²) in [6.07, 6.45) is 6.48. The van der Waals surface area contributed by atoms with Crippen LogP contribution in [-0.2, 0) is 31.7 Å². The van der Waals surface area contributed by atoms with Crippen molar-refractivity contribution in [1.82, 2.24) is 0 Å². The minimum atomic E-state index is -3.69. The number of benzene rings is 4. The van der Waals surface area contributed by atoms with E-state index in [-0.39, 0.29) is 21.1 Å². The van der Waals surface area contributed by atoms with Crippen LogP contribution >= 0.6 is 23.2 Å². The largest absolute Gasteiger partial charge is 0.497 e. The summed E-state index contributed by atoms with van der Waals surface area (Å²) in [6.45, 7) is 11.2. The number of alkyl halides is 2. The Balaban J connectivity index is 1.41. The van der Waals surface area contributed by atoms with E-state index in [2.05, 4.69) is 32.6 Å². The van der Waals surface area contributed by atoms with Crippen molar-refractivity contribution in [3.8, 4) is 23.0 Å². The summed E-state index contributed by atoms with van der Waals surface area (Å²) < 4.78 is 49.3. The maximum atomic E-state index is 13.1. The number of allylic oxidation sites excluding steroid dienone is 2. The second kappa shape index (κ2) is 17.7. The van der Waals surface area contributed by atoms with Crippen LogP contribution in [0.15, 0.2) is 119 Å². The van der Waals surface area contributed by atoms with Gasteiger partial charge < -0.3 is 18.9 Å². The second-order valence-electron chi connectivity index (χ2n) is 11.9. The van der Waals surface area contributed by atoms with Gasteiger partial charge in [0.25, 0.3) is 0 Å². The molecule has 0 atom stereocenters. The molecule has 0 amide bonds. The van der Waals surface area contributed by atoms with E-state index in [1.807, 2.05) is 37.3 Å². The Labute approximate surface area is 301 Å². The molecule has 4 aromatic carbocycles. The Morgan fingerprint density at radius 1 is 0.755 bits per heavy atom. The summed E-state index contributed by atoms with van der Waals surface area (Å²) in [5.41, 5.74) is 3.54. The smallest absolute Gasteiger partial charge is 0.206 e. The standard InChI is InChI=1S/C40H44Cl2O6S/c1-6-33(7-2)46-23-9-8-10-24-47-38-21-11-31(25-29(38)27-41)40(3,4)32-12-22-39(30(26-32)28-42)48-35-15-19-37(20-16-35)49(43,44)36-17-13-34(45-5)14-18-36/h6-7,11-22,25-26H,1,8-10,23-24,27-28H2,2-5H3/b33-7+. The first kappa shape index (κ1) is 37.9. The lowest BCUT2D eigenvalue weighted by Crippen LogP contribution is -2.19. The lowest BCUT2D eigenvalue weighted by molar-refractivity contribution is 0.212. The lowest BCUT2D eigenvalue weighted by Gasteiger charge is -2.28. The molecule has 4 rings (SSSR count). The van der Waals surface area contributed by atoms with E-state index in [4.69, 9.17) is 42.1 Å². The molecule has 0 aliphatic rings. The topological polar surface area (TPSA) is 71.1 Å². The molecule has 0 unspecified atom stereocenters. The van der Waals surface area contributed by atoms with E-state index in [1.165, 1.54) is 31.4 Å². The third-order valence-electron chi connectivity index (χ3n) is 8.38. The molecule has 0 saturated heterocycles. The SMILES string of the molecule is C=C/C(=C\C)OCCCCCOc1ccc(C(C)(C)c2ccc(Oc3ccc(S(=O)(=O)c4ccc(OC)cc4)cc3)c(CCl)c2)cc1CCl. The van der Waals surface area contributed by atoms with Crippen molar-refractivity contribution in [2.75, 3.05) is 20.3 Å². The molecule has 6 nitrogen and oxygen atoms in total. The zero-order valence-corrected chi connectivity index (χ0v) is 30.8. The highest BCUT2D eigenvalue weighted by Gasteiger charge is 2.26. The van der Waals surface area contributed by atoms with Crippen LogP contribution in [0, 0.1) is 0 Å². The third kappa shape index (κ3) is 9.62. The van der Waals surface area contributed by atoms with E-state index in [0.717, 1.165) is 53.0 Å². The number of hydrogen-bond donors (Lipinski definition) is 0. The Kier molecular flexibility index (Phi) is 13.7. The van der Waals surface area contributed by atoms with Crippen LogP contribution in [0.1, 0.15) is 62.3 Å². The molecule has 0 aromatic heterocycles. The van der Waals surface area contributed by atoms with Crippen LogP contribution in [0.25, 0.3) is 0 Å². The van der Waals surface area contributed by atoms with E-state index >= 15 is 0 Å². The lowest BCUT2D eigenvalue weighted by atomic mass is 9.77. The van der Waals surface area contributed by atoms with Crippen LogP contribution in [0.2, 0.25) is 0 Å². The fourth-order valence-electron chi connectivity index (χ4n) is 5.27. The molecule has 9 heteroatoms. The summed E-state index contributed by atoms with van der Waals surface area (Å²) in [4.78, 5) is 0.353. The summed E-state index contributed by atoms with van der Waals surface area (Å²) in [7, 11) is -2.16. The second-order valence-corrected chi connectivity index (χ2v) is 14.4. The molecule has 260 valence electrons. The van der Waals surface area contributed by atoms with Gasteiger partial charge in [0.05, 0.1) is 41.9 Å². The molecule has 0 bridgehead atoms. The van der Waals surface area contributed by atoms with Crippen LogP contribution in [0.3, 0.4) is 0 Å². The maximum absolute atomic E-state index is 13.1. The van der Waals surface area contributed by atoms with Crippen LogP contribution in [-0.4, -0.2) is 28.7 Å². The molecule has 0 fully saturated rings. The number of rotatable bonds is 18. The highest BCUT2D eigenvalue weighted by Crippen LogP contribution is 2.38. The number of ether oxygens (including phenoxy) is 4. The predicted molar refractivity (Wildman–Crippen MR) is 198 cm³/mol. The highest BCUT2D eigenvalue weighted by molar-refractivity contribution is 7.91. The molecule has 4 aromatic rings. The third-order valence-corrected chi connectivity index (χ3v) is 10.7. The summed E-state index contributed by atoms with van der Waals surface area (Å²) in [5, 5.41) is 0. The molecule has 0 aliphatic carbocycles. The first-order valence-electron chi connectivity index (χ1n) is 16.2. The quantitative estimate of drug-likeness (QED) is 0.0441. The van der Waals surface area contributed by atoms with Gasteiger partial charge in [0.1, 0.15) is 28.8 Å². The van der Waals surface area contributed by atoms with Gasteiger partial charge >= 0.3 is 0 Å². The fourth-order valence-corrected chi connectivity index (χ4v) is 6.95. The number of methoxy groups -OCH3 is 1. The van der Waals surface area contributed by atoms with Crippen molar-refractivity contribution in [3.63, 3.8) is 0 Å². The van der Waals surface area contributed by atoms with Gasteiger partial charge in [-0.05, 0) is 116 Å². The molecule has 0 heterocycles. The van der Waals surface area contributed by atoms with Crippen LogP contribution < -0.4 is 14.2 Å². The first-order chi connectivity index (χ1) is 23.6. The monoisotopic (exact) mass is 722 g/mol. The minimum Gasteiger partial charge on any atom is -0.497 e. The molecule has 0 N–H and O–H groups in total. The van der Waals surface area contributed by atoms with Gasteiger partial charge in [-0.1, -0.05) is 38.6 Å². The van der Waals surface area contributed by atoms with E-state index in [9.17, 15) is 8.42 Å². The summed E-state index contributed by atoms with van der Waals surface area (Å²) >= 11 is 12.8. The zero-order chi connectivity index (χ0) is 35.4. The molecular weight excluding hydrogens is 679 g/mol. The minimum absolute atomic E-state index is 0.167. The van der Waals surface area contributed by atoms with E-state index in [0.29, 0.717) is 36.3 Å². The van der Waals surface area contributed by atoms with Gasteiger partial charge in [0, 0.05) is 16.5 Å². The van der Waals surface area contributed by atoms with Crippen molar-refractivity contribution in [2.24, 2.45) is 0 Å². The predicted octanol–water partition coefficient (Wildman–Crippen LogP) is 10.8. The average molecular weight is 724 g/mol. The molecule has 49 heavy (non-hydrogen) atoms. The highest BCUT2D eigenvalue weighted by atomic mass is 35.5. The normalized spacial score (nSPS) is 12.0. The van der Waals surface area contributed by atoms with Crippen molar-refractivity contribution < 1.29 is 27.4 Å². The van der Waals surface area contributed by atoms with E-state index in [1.54, 1.807) is 30.3 Å². The number of sulfone groups is 1. The van der Waals surface area contributed by atoms with E-state index < -0.39 is 9.84 Å². The maximum Gasteiger partial charge on any atom is 0.206 e. The average Bonchev–Trinajstić information content (AvgIpc) is 3.13. The van der Waals surface area contributed by atoms with Gasteiger partial charge in [0.15, 0.2) is 0 Å². The molecule has 0 saturated carbocycles. The van der Waals surface area contributed by atoms with Gasteiger partial charge in [-0.3, -0.25) is 0 Å². The van der Waals surface area contributed by atoms with Crippen molar-refractivity contribution >= 4 is 33.0 Å². The Morgan fingerprint density at radius 2 is 1.29 bits per heavy atom. The summed E-state index contributed by atoms with van der Waals surface area (Å²) in [5.74, 6) is 3.85. The Hall–Kier alpha value is -3.91. The Bertz CT molecular complexity index is 1830. The van der Waals surface area contributed by atoms with Crippen molar-refractivity contribution in [3.05, 3.63) is 132 Å². The van der Waals surface area contributed by atoms with Crippen LogP contribution in [0.4, 0.5) is 0 Å². The molecular formula is C40H44Cl2O6S. The van der Waals surface area contributed by atoms with Gasteiger partial charge in [0.2, 0.25) is 9.84 Å². The van der Waals surface area contributed by atoms with Crippen molar-refractivity contribution in [2.45, 2.75) is 67.0 Å².